The molecule has 1 aliphatic rings. The summed E-state index contributed by atoms with van der Waals surface area (Å²) < 4.78 is 5.42. The van der Waals surface area contributed by atoms with Gasteiger partial charge in [0.15, 0.2) is 0 Å². The molecule has 0 N–H and O–H groups in total. The Kier molecular flexibility index (Phi) is 5.80. The second-order valence-corrected chi connectivity index (χ2v) is 7.16. The van der Waals surface area contributed by atoms with Crippen LogP contribution in [0.5, 0.6) is 0 Å². The summed E-state index contributed by atoms with van der Waals surface area (Å²) in [5.41, 5.74) is 0.394. The number of likely N-dealkylation sites (tertiary alicyclic amines) is 1. The molecule has 6 nitrogen and oxygen atoms in total. The third-order valence-corrected chi connectivity index (χ3v) is 3.97. The number of amides is 2. The Morgan fingerprint density at radius 1 is 1.38 bits per heavy atom. The Morgan fingerprint density at radius 2 is 2.12 bits per heavy atom. The Hall–Kier alpha value is -2.11. The lowest BCUT2D eigenvalue weighted by atomic mass is 10.2. The van der Waals surface area contributed by atoms with Crippen molar-refractivity contribution in [1.82, 2.24) is 14.8 Å². The Labute approximate surface area is 143 Å². The van der Waals surface area contributed by atoms with Crippen molar-refractivity contribution in [2.45, 2.75) is 51.7 Å². The molecular formula is C18H27N3O3. The number of likely N-dealkylation sites (N-methyl/N-ethyl adjacent to an activating group) is 1. The van der Waals surface area contributed by atoms with Crippen LogP contribution in [0, 0.1) is 0 Å². The first-order valence-electron chi connectivity index (χ1n) is 8.42. The number of rotatable bonds is 4. The summed E-state index contributed by atoms with van der Waals surface area (Å²) in [6.45, 7) is 6.64. The molecule has 132 valence electrons. The molecule has 24 heavy (non-hydrogen) atoms. The molecule has 1 atom stereocenters. The van der Waals surface area contributed by atoms with Gasteiger partial charge in [-0.05, 0) is 45.7 Å². The zero-order chi connectivity index (χ0) is 17.7. The average molecular weight is 333 g/mol. The largest absolute Gasteiger partial charge is 0.444 e. The van der Waals surface area contributed by atoms with Crippen LogP contribution in [0.4, 0.5) is 4.79 Å². The van der Waals surface area contributed by atoms with Crippen LogP contribution in [0.15, 0.2) is 24.4 Å². The molecule has 1 saturated heterocycles. The highest BCUT2D eigenvalue weighted by Crippen LogP contribution is 2.22. The van der Waals surface area contributed by atoms with Crippen LogP contribution in [0.25, 0.3) is 0 Å². The van der Waals surface area contributed by atoms with Crippen LogP contribution >= 0.6 is 0 Å². The molecule has 1 unspecified atom stereocenters. The molecule has 2 rings (SSSR count). The van der Waals surface area contributed by atoms with Crippen molar-refractivity contribution in [2.75, 3.05) is 20.1 Å². The molecule has 2 heterocycles. The summed E-state index contributed by atoms with van der Waals surface area (Å²) in [6.07, 6.45) is 3.55. The molecule has 0 saturated carbocycles. The highest BCUT2D eigenvalue weighted by atomic mass is 16.6. The van der Waals surface area contributed by atoms with Gasteiger partial charge in [0.2, 0.25) is 5.91 Å². The molecule has 1 fully saturated rings. The highest BCUT2D eigenvalue weighted by Gasteiger charge is 2.37. The molecule has 1 aromatic heterocycles. The lowest BCUT2D eigenvalue weighted by Gasteiger charge is -2.30. The van der Waals surface area contributed by atoms with Crippen molar-refractivity contribution in [1.29, 1.82) is 0 Å². The van der Waals surface area contributed by atoms with Crippen LogP contribution in [-0.2, 0) is 16.0 Å². The molecular weight excluding hydrogens is 306 g/mol. The highest BCUT2D eigenvalue weighted by molar-refractivity contribution is 5.86. The zero-order valence-electron chi connectivity index (χ0n) is 15.0. The monoisotopic (exact) mass is 333 g/mol. The average Bonchev–Trinajstić information content (AvgIpc) is 3.01. The smallest absolute Gasteiger partial charge is 0.410 e. The van der Waals surface area contributed by atoms with E-state index < -0.39 is 17.7 Å². The van der Waals surface area contributed by atoms with E-state index in [2.05, 4.69) is 4.98 Å². The molecule has 6 heteroatoms. The van der Waals surface area contributed by atoms with E-state index in [0.29, 0.717) is 25.9 Å². The minimum atomic E-state index is -0.557. The van der Waals surface area contributed by atoms with Gasteiger partial charge in [-0.25, -0.2) is 4.79 Å². The van der Waals surface area contributed by atoms with E-state index in [4.69, 9.17) is 4.74 Å². The maximum atomic E-state index is 12.7. The zero-order valence-corrected chi connectivity index (χ0v) is 15.0. The number of aromatic nitrogens is 1. The lowest BCUT2D eigenvalue weighted by Crippen LogP contribution is -2.48. The second-order valence-electron chi connectivity index (χ2n) is 7.16. The van der Waals surface area contributed by atoms with Gasteiger partial charge in [-0.15, -0.1) is 0 Å². The summed E-state index contributed by atoms with van der Waals surface area (Å²) in [4.78, 5) is 32.5. The summed E-state index contributed by atoms with van der Waals surface area (Å²) in [6, 6.07) is 5.33. The number of hydrogen-bond donors (Lipinski definition) is 0. The van der Waals surface area contributed by atoms with Crippen LogP contribution in [0.1, 0.15) is 39.3 Å². The van der Waals surface area contributed by atoms with Crippen molar-refractivity contribution in [2.24, 2.45) is 0 Å². The van der Waals surface area contributed by atoms with Gasteiger partial charge < -0.3 is 9.64 Å². The van der Waals surface area contributed by atoms with Crippen molar-refractivity contribution in [3.8, 4) is 0 Å². The SMILES string of the molecule is CN(CCc1ccccn1)C(=O)C1CCCN1C(=O)OC(C)(C)C. The summed E-state index contributed by atoms with van der Waals surface area (Å²) in [5.74, 6) is -0.0331. The van der Waals surface area contributed by atoms with Gasteiger partial charge in [0.05, 0.1) is 0 Å². The van der Waals surface area contributed by atoms with E-state index in [9.17, 15) is 9.59 Å². The van der Waals surface area contributed by atoms with Gasteiger partial charge >= 0.3 is 6.09 Å². The molecule has 0 aliphatic carbocycles. The fraction of sp³-hybridized carbons (Fsp3) is 0.611. The van der Waals surface area contributed by atoms with Crippen LogP contribution in [0.2, 0.25) is 0 Å². The first-order valence-corrected chi connectivity index (χ1v) is 8.42. The minimum Gasteiger partial charge on any atom is -0.444 e. The van der Waals surface area contributed by atoms with E-state index in [-0.39, 0.29) is 5.91 Å². The fourth-order valence-corrected chi connectivity index (χ4v) is 2.76. The molecule has 2 amide bonds. The van der Waals surface area contributed by atoms with Crippen molar-refractivity contribution >= 4 is 12.0 Å². The third-order valence-electron chi connectivity index (χ3n) is 3.97. The van der Waals surface area contributed by atoms with Gasteiger partial charge in [0.25, 0.3) is 0 Å². The number of nitrogens with zero attached hydrogens (tertiary/aromatic N) is 3. The van der Waals surface area contributed by atoms with Crippen molar-refractivity contribution < 1.29 is 14.3 Å². The maximum Gasteiger partial charge on any atom is 0.410 e. The molecule has 0 radical (unpaired) electrons. The minimum absolute atomic E-state index is 0.0331. The standard InChI is InChI=1S/C18H27N3O3/c1-18(2,3)24-17(23)21-12-7-9-15(21)16(22)20(4)13-10-14-8-5-6-11-19-14/h5-6,8,11,15H,7,9-10,12-13H2,1-4H3. The molecule has 1 aromatic rings. The van der Waals surface area contributed by atoms with E-state index in [1.54, 1.807) is 23.0 Å². The maximum absolute atomic E-state index is 12.7. The van der Waals surface area contributed by atoms with Crippen molar-refractivity contribution in [3.05, 3.63) is 30.1 Å². The number of pyridine rings is 1. The van der Waals surface area contributed by atoms with E-state index in [0.717, 1.165) is 12.1 Å². The Bertz CT molecular complexity index is 569. The van der Waals surface area contributed by atoms with Gasteiger partial charge in [0.1, 0.15) is 11.6 Å². The van der Waals surface area contributed by atoms with Gasteiger partial charge in [-0.2, -0.15) is 0 Å². The van der Waals surface area contributed by atoms with Gasteiger partial charge in [0, 0.05) is 38.4 Å². The van der Waals surface area contributed by atoms with Gasteiger partial charge in [-0.3, -0.25) is 14.7 Å². The first kappa shape index (κ1) is 18.2. The molecule has 0 aromatic carbocycles. The van der Waals surface area contributed by atoms with Crippen molar-refractivity contribution in [3.63, 3.8) is 0 Å². The summed E-state index contributed by atoms with van der Waals surface area (Å²) in [7, 11) is 1.77. The number of ether oxygens (including phenoxy) is 1. The number of carbonyl (C=O) groups excluding carboxylic acids is 2. The third kappa shape index (κ3) is 4.94. The van der Waals surface area contributed by atoms with Crippen LogP contribution < -0.4 is 0 Å². The second kappa shape index (κ2) is 7.64. The molecule has 1 aliphatic heterocycles. The molecule has 0 bridgehead atoms. The van der Waals surface area contributed by atoms with Crippen LogP contribution in [0.3, 0.4) is 0 Å². The van der Waals surface area contributed by atoms with Crippen LogP contribution in [-0.4, -0.2) is 58.6 Å². The fourth-order valence-electron chi connectivity index (χ4n) is 2.76. The van der Waals surface area contributed by atoms with Gasteiger partial charge in [-0.1, -0.05) is 6.07 Å². The first-order chi connectivity index (χ1) is 11.3. The van der Waals surface area contributed by atoms with E-state index >= 15 is 0 Å². The predicted octanol–water partition coefficient (Wildman–Crippen LogP) is 2.48. The Balaban J connectivity index is 1.93. The number of carbonyl (C=O) groups is 2. The molecule has 0 spiro atoms. The lowest BCUT2D eigenvalue weighted by molar-refractivity contribution is -0.134. The predicted molar refractivity (Wildman–Crippen MR) is 91.5 cm³/mol. The topological polar surface area (TPSA) is 62.7 Å². The quantitative estimate of drug-likeness (QED) is 0.849. The normalized spacial score (nSPS) is 17.7. The number of hydrogen-bond acceptors (Lipinski definition) is 4. The Morgan fingerprint density at radius 3 is 2.75 bits per heavy atom. The summed E-state index contributed by atoms with van der Waals surface area (Å²) >= 11 is 0. The summed E-state index contributed by atoms with van der Waals surface area (Å²) in [5, 5.41) is 0. The van der Waals surface area contributed by atoms with E-state index in [1.807, 2.05) is 39.0 Å². The van der Waals surface area contributed by atoms with E-state index in [1.165, 1.54) is 0 Å².